The normalized spacial score (nSPS) is 12.0. The van der Waals surface area contributed by atoms with E-state index in [0.29, 0.717) is 25.9 Å². The minimum Gasteiger partial charge on any atom is -0.356 e. The zero-order valence-corrected chi connectivity index (χ0v) is 20.7. The van der Waals surface area contributed by atoms with Gasteiger partial charge in [-0.1, -0.05) is 32.6 Å². The number of rotatable bonds is 24. The second kappa shape index (κ2) is 24.4. The zero-order valence-electron chi connectivity index (χ0n) is 20.7. The van der Waals surface area contributed by atoms with Crippen molar-refractivity contribution in [2.75, 3.05) is 45.8 Å². The Morgan fingerprint density at radius 2 is 1.28 bits per heavy atom. The molecule has 0 spiro atoms. The molecule has 0 radical (unpaired) electrons. The summed E-state index contributed by atoms with van der Waals surface area (Å²) >= 11 is 0. The number of unbranched alkanes of at least 4 members (excludes halogenated alkanes) is 6. The molecule has 0 rings (SSSR count). The minimum absolute atomic E-state index is 0.0790. The van der Waals surface area contributed by atoms with Crippen molar-refractivity contribution in [2.24, 2.45) is 11.5 Å². The van der Waals surface area contributed by atoms with Gasteiger partial charge in [-0.2, -0.15) is 0 Å². The van der Waals surface area contributed by atoms with Crippen LogP contribution in [0.15, 0.2) is 0 Å². The van der Waals surface area contributed by atoms with Crippen molar-refractivity contribution in [3.8, 4) is 0 Å². The van der Waals surface area contributed by atoms with Gasteiger partial charge in [0.2, 0.25) is 11.8 Å². The molecule has 0 fully saturated rings. The fourth-order valence-corrected chi connectivity index (χ4v) is 3.36. The Bertz CT molecular complexity index is 437. The summed E-state index contributed by atoms with van der Waals surface area (Å²) in [4.78, 5) is 23.8. The second-order valence-corrected chi connectivity index (χ2v) is 8.61. The lowest BCUT2D eigenvalue weighted by molar-refractivity contribution is -0.123. The predicted octanol–water partition coefficient (Wildman–Crippen LogP) is 1.78. The topological polar surface area (TPSA) is 134 Å². The third-order valence-electron chi connectivity index (χ3n) is 5.45. The maximum absolute atomic E-state index is 12.0. The van der Waals surface area contributed by atoms with Gasteiger partial charge in [-0.3, -0.25) is 9.59 Å². The summed E-state index contributed by atoms with van der Waals surface area (Å²) in [5, 5.41) is 12.7. The maximum atomic E-state index is 12.0. The van der Waals surface area contributed by atoms with Gasteiger partial charge in [-0.15, -0.1) is 0 Å². The summed E-state index contributed by atoms with van der Waals surface area (Å²) in [5.74, 6) is 0.0565. The Hall–Kier alpha value is -1.22. The van der Waals surface area contributed by atoms with Gasteiger partial charge in [0.05, 0.1) is 6.04 Å². The average Bonchev–Trinajstić information content (AvgIpc) is 2.79. The summed E-state index contributed by atoms with van der Waals surface area (Å²) in [6, 6.07) is -0.469. The van der Waals surface area contributed by atoms with Crippen molar-refractivity contribution < 1.29 is 9.59 Å². The molecule has 0 aromatic rings. The maximum Gasteiger partial charge on any atom is 0.236 e. The zero-order chi connectivity index (χ0) is 23.7. The minimum atomic E-state index is -0.469. The molecule has 0 unspecified atom stereocenters. The molecule has 0 aromatic heterocycles. The summed E-state index contributed by atoms with van der Waals surface area (Å²) in [6.07, 6.45) is 13.0. The van der Waals surface area contributed by atoms with Crippen LogP contribution in [0.2, 0.25) is 0 Å². The summed E-state index contributed by atoms with van der Waals surface area (Å²) in [5.41, 5.74) is 11.4. The Balaban J connectivity index is 3.41. The molecule has 0 saturated carbocycles. The van der Waals surface area contributed by atoms with Crippen LogP contribution in [0, 0.1) is 0 Å². The quantitative estimate of drug-likeness (QED) is 0.123. The van der Waals surface area contributed by atoms with Crippen LogP contribution in [0.5, 0.6) is 0 Å². The Labute approximate surface area is 196 Å². The standard InChI is InChI=1S/C24H52N6O2/c1-2-3-4-5-6-14-23(31)29-20-8-7-13-22(26)24(32)30-21-12-19-28-17-10-9-16-27-18-11-15-25/h22,27-28H,2-21,25-26H2,1H3,(H,29,31)(H,30,32)/t22-/m0/s1. The van der Waals surface area contributed by atoms with Gasteiger partial charge < -0.3 is 32.7 Å². The van der Waals surface area contributed by atoms with Crippen LogP contribution in [0.25, 0.3) is 0 Å². The number of hydrogen-bond donors (Lipinski definition) is 6. The fourth-order valence-electron chi connectivity index (χ4n) is 3.36. The molecule has 0 aliphatic carbocycles. The first-order valence-corrected chi connectivity index (χ1v) is 13.0. The highest BCUT2D eigenvalue weighted by atomic mass is 16.2. The highest BCUT2D eigenvalue weighted by Crippen LogP contribution is 2.05. The molecule has 8 heteroatoms. The first-order valence-electron chi connectivity index (χ1n) is 13.0. The predicted molar refractivity (Wildman–Crippen MR) is 134 cm³/mol. The van der Waals surface area contributed by atoms with Gasteiger partial charge >= 0.3 is 0 Å². The molecule has 0 heterocycles. The third kappa shape index (κ3) is 22.0. The number of nitrogens with one attached hydrogen (secondary N) is 4. The van der Waals surface area contributed by atoms with E-state index in [1.165, 1.54) is 19.3 Å². The first kappa shape index (κ1) is 30.8. The smallest absolute Gasteiger partial charge is 0.236 e. The highest BCUT2D eigenvalue weighted by Gasteiger charge is 2.12. The Morgan fingerprint density at radius 3 is 1.97 bits per heavy atom. The molecule has 32 heavy (non-hydrogen) atoms. The van der Waals surface area contributed by atoms with E-state index >= 15 is 0 Å². The lowest BCUT2D eigenvalue weighted by Crippen LogP contribution is -2.41. The number of amides is 2. The lowest BCUT2D eigenvalue weighted by atomic mass is 10.1. The molecule has 0 aliphatic heterocycles. The molecular formula is C24H52N6O2. The van der Waals surface area contributed by atoms with Crippen molar-refractivity contribution in [1.82, 2.24) is 21.3 Å². The van der Waals surface area contributed by atoms with Crippen molar-refractivity contribution >= 4 is 11.8 Å². The van der Waals surface area contributed by atoms with Crippen LogP contribution in [0.1, 0.15) is 90.4 Å². The number of carbonyl (C=O) groups excluding carboxylic acids is 2. The fraction of sp³-hybridized carbons (Fsp3) is 0.917. The molecular weight excluding hydrogens is 404 g/mol. The van der Waals surface area contributed by atoms with E-state index in [1.807, 2.05) is 0 Å². The molecule has 1 atom stereocenters. The van der Waals surface area contributed by atoms with Crippen LogP contribution in [0.3, 0.4) is 0 Å². The molecule has 0 bridgehead atoms. The van der Waals surface area contributed by atoms with Crippen LogP contribution >= 0.6 is 0 Å². The Morgan fingerprint density at radius 1 is 0.688 bits per heavy atom. The number of carbonyl (C=O) groups is 2. The van der Waals surface area contributed by atoms with E-state index in [1.54, 1.807) is 0 Å². The molecule has 0 aromatic carbocycles. The van der Waals surface area contributed by atoms with Gasteiger partial charge in [-0.05, 0) is 84.1 Å². The van der Waals surface area contributed by atoms with E-state index in [9.17, 15) is 9.59 Å². The summed E-state index contributed by atoms with van der Waals surface area (Å²) < 4.78 is 0. The SMILES string of the molecule is CCCCCCCC(=O)NCCCC[C@H](N)C(=O)NCCCNCCCCNCCCN. The van der Waals surface area contributed by atoms with Crippen LogP contribution in [0.4, 0.5) is 0 Å². The van der Waals surface area contributed by atoms with Crippen molar-refractivity contribution in [3.05, 3.63) is 0 Å². The second-order valence-electron chi connectivity index (χ2n) is 8.61. The average molecular weight is 457 g/mol. The monoisotopic (exact) mass is 456 g/mol. The molecule has 190 valence electrons. The molecule has 2 amide bonds. The van der Waals surface area contributed by atoms with Crippen molar-refractivity contribution in [2.45, 2.75) is 96.4 Å². The number of hydrogen-bond acceptors (Lipinski definition) is 6. The van der Waals surface area contributed by atoms with Gasteiger partial charge in [0.1, 0.15) is 0 Å². The van der Waals surface area contributed by atoms with Gasteiger partial charge in [0.25, 0.3) is 0 Å². The largest absolute Gasteiger partial charge is 0.356 e. The van der Waals surface area contributed by atoms with Gasteiger partial charge in [0, 0.05) is 19.5 Å². The van der Waals surface area contributed by atoms with Crippen LogP contribution in [-0.4, -0.2) is 63.7 Å². The Kier molecular flexibility index (Phi) is 23.5. The van der Waals surface area contributed by atoms with Crippen LogP contribution < -0.4 is 32.7 Å². The molecule has 0 saturated heterocycles. The number of nitrogens with two attached hydrogens (primary N) is 2. The van der Waals surface area contributed by atoms with E-state index in [-0.39, 0.29) is 11.8 Å². The van der Waals surface area contributed by atoms with E-state index in [4.69, 9.17) is 11.5 Å². The van der Waals surface area contributed by atoms with E-state index < -0.39 is 6.04 Å². The summed E-state index contributed by atoms with van der Waals surface area (Å²) in [7, 11) is 0. The first-order chi connectivity index (χ1) is 15.6. The molecule has 8 N–H and O–H groups in total. The van der Waals surface area contributed by atoms with Gasteiger partial charge in [-0.25, -0.2) is 0 Å². The molecule has 0 aliphatic rings. The third-order valence-corrected chi connectivity index (χ3v) is 5.45. The van der Waals surface area contributed by atoms with Crippen molar-refractivity contribution in [1.29, 1.82) is 0 Å². The van der Waals surface area contributed by atoms with Crippen molar-refractivity contribution in [3.63, 3.8) is 0 Å². The summed E-state index contributed by atoms with van der Waals surface area (Å²) in [6.45, 7) is 8.19. The molecule has 8 nitrogen and oxygen atoms in total. The highest BCUT2D eigenvalue weighted by molar-refractivity contribution is 5.81. The van der Waals surface area contributed by atoms with E-state index in [0.717, 1.165) is 84.1 Å². The lowest BCUT2D eigenvalue weighted by Gasteiger charge is -2.12. The van der Waals surface area contributed by atoms with Crippen LogP contribution in [-0.2, 0) is 9.59 Å². The van der Waals surface area contributed by atoms with Gasteiger partial charge in [0.15, 0.2) is 0 Å². The van der Waals surface area contributed by atoms with E-state index in [2.05, 4.69) is 28.2 Å².